The first-order valence-corrected chi connectivity index (χ1v) is 7.34. The quantitative estimate of drug-likeness (QED) is 0.751. The van der Waals surface area contributed by atoms with Crippen molar-refractivity contribution in [1.29, 1.82) is 0 Å². The molecule has 21 heavy (non-hydrogen) atoms. The molecule has 0 fully saturated rings. The number of hydrogen-bond acceptors (Lipinski definition) is 3. The summed E-state index contributed by atoms with van der Waals surface area (Å²) in [6.45, 7) is 2.39. The van der Waals surface area contributed by atoms with Crippen molar-refractivity contribution >= 4 is 17.3 Å². The summed E-state index contributed by atoms with van der Waals surface area (Å²) in [5, 5.41) is 3.33. The number of nitrogens with one attached hydrogen (secondary N) is 1. The van der Waals surface area contributed by atoms with Gasteiger partial charge < -0.3 is 10.1 Å². The first-order chi connectivity index (χ1) is 10.3. The Morgan fingerprint density at radius 3 is 2.57 bits per heavy atom. The lowest BCUT2D eigenvalue weighted by Gasteiger charge is -2.09. The molecule has 0 unspecified atom stereocenters. The zero-order chi connectivity index (χ0) is 14.9. The minimum absolute atomic E-state index is 0.127. The number of carbonyl (C=O) groups excluding carboxylic acids is 1. The Kier molecular flexibility index (Phi) is 5.83. The summed E-state index contributed by atoms with van der Waals surface area (Å²) in [5.74, 6) is -0.127. The fraction of sp³-hybridized carbons (Fsp3) is 0.278. The molecule has 0 saturated heterocycles. The Balaban J connectivity index is 1.90. The molecule has 0 bridgehead atoms. The van der Waals surface area contributed by atoms with Gasteiger partial charge in [0.1, 0.15) is 6.61 Å². The Labute approximate surface area is 126 Å². The Morgan fingerprint density at radius 2 is 1.81 bits per heavy atom. The van der Waals surface area contributed by atoms with Gasteiger partial charge in [0.25, 0.3) is 0 Å². The smallest absolute Gasteiger partial charge is 0.306 e. The molecule has 0 radical (unpaired) electrons. The van der Waals surface area contributed by atoms with Gasteiger partial charge in [0.15, 0.2) is 0 Å². The molecule has 110 valence electrons. The zero-order valence-electron chi connectivity index (χ0n) is 12.3. The number of hydrogen-bond donors (Lipinski definition) is 1. The van der Waals surface area contributed by atoms with Gasteiger partial charge in [0.2, 0.25) is 0 Å². The number of para-hydroxylation sites is 1. The fourth-order valence-electron chi connectivity index (χ4n) is 1.98. The summed E-state index contributed by atoms with van der Waals surface area (Å²) in [7, 11) is 0. The van der Waals surface area contributed by atoms with E-state index in [2.05, 4.69) is 12.2 Å². The van der Waals surface area contributed by atoms with E-state index >= 15 is 0 Å². The average Bonchev–Trinajstić information content (AvgIpc) is 2.52. The van der Waals surface area contributed by atoms with Gasteiger partial charge in [-0.2, -0.15) is 0 Å². The molecule has 3 nitrogen and oxygen atoms in total. The van der Waals surface area contributed by atoms with E-state index in [1.165, 1.54) is 0 Å². The van der Waals surface area contributed by atoms with Crippen molar-refractivity contribution in [1.82, 2.24) is 0 Å². The van der Waals surface area contributed by atoms with E-state index in [0.717, 1.165) is 29.8 Å². The van der Waals surface area contributed by atoms with Crippen LogP contribution in [0.25, 0.3) is 0 Å². The first kappa shape index (κ1) is 15.1. The van der Waals surface area contributed by atoms with Crippen LogP contribution >= 0.6 is 0 Å². The molecule has 0 heterocycles. The summed E-state index contributed by atoms with van der Waals surface area (Å²) in [4.78, 5) is 11.5. The molecule has 0 aromatic heterocycles. The third-order valence-corrected chi connectivity index (χ3v) is 3.12. The van der Waals surface area contributed by atoms with Crippen LogP contribution in [0.2, 0.25) is 0 Å². The molecule has 0 aliphatic heterocycles. The largest absolute Gasteiger partial charge is 0.461 e. The van der Waals surface area contributed by atoms with Crippen LogP contribution in [0, 0.1) is 0 Å². The molecule has 0 aliphatic rings. The van der Waals surface area contributed by atoms with E-state index in [1.54, 1.807) is 0 Å². The van der Waals surface area contributed by atoms with Gasteiger partial charge in [0, 0.05) is 17.8 Å². The molecule has 0 spiro atoms. The molecular weight excluding hydrogens is 262 g/mol. The predicted octanol–water partition coefficient (Wildman–Crippen LogP) is 4.66. The molecule has 0 atom stereocenters. The summed E-state index contributed by atoms with van der Waals surface area (Å²) in [6.07, 6.45) is 2.39. The lowest BCUT2D eigenvalue weighted by atomic mass is 10.2. The number of esters is 1. The van der Waals surface area contributed by atoms with E-state index in [4.69, 9.17) is 4.74 Å². The van der Waals surface area contributed by atoms with Gasteiger partial charge in [-0.15, -0.1) is 0 Å². The average molecular weight is 283 g/mol. The van der Waals surface area contributed by atoms with Gasteiger partial charge in [0.05, 0.1) is 0 Å². The van der Waals surface area contributed by atoms with Crippen LogP contribution in [0.15, 0.2) is 54.6 Å². The van der Waals surface area contributed by atoms with Crippen molar-refractivity contribution in [2.45, 2.75) is 32.8 Å². The molecule has 3 heteroatoms. The SMILES string of the molecule is CCCCC(=O)OCc1cccc(Nc2ccccc2)c1. The van der Waals surface area contributed by atoms with E-state index in [9.17, 15) is 4.79 Å². The predicted molar refractivity (Wildman–Crippen MR) is 85.5 cm³/mol. The molecule has 0 aliphatic carbocycles. The highest BCUT2D eigenvalue weighted by atomic mass is 16.5. The van der Waals surface area contributed by atoms with Gasteiger partial charge in [-0.25, -0.2) is 0 Å². The highest BCUT2D eigenvalue weighted by Gasteiger charge is 2.03. The van der Waals surface area contributed by atoms with Crippen molar-refractivity contribution in [2.24, 2.45) is 0 Å². The van der Waals surface area contributed by atoms with E-state index in [1.807, 2.05) is 54.6 Å². The van der Waals surface area contributed by atoms with Crippen LogP contribution in [-0.4, -0.2) is 5.97 Å². The number of benzene rings is 2. The molecule has 2 aromatic rings. The second kappa shape index (κ2) is 8.10. The summed E-state index contributed by atoms with van der Waals surface area (Å²) >= 11 is 0. The molecule has 0 saturated carbocycles. The van der Waals surface area contributed by atoms with Crippen LogP contribution in [-0.2, 0) is 16.1 Å². The maximum absolute atomic E-state index is 11.5. The fourth-order valence-corrected chi connectivity index (χ4v) is 1.98. The second-order valence-corrected chi connectivity index (χ2v) is 4.96. The number of anilines is 2. The monoisotopic (exact) mass is 283 g/mol. The van der Waals surface area contributed by atoms with Crippen molar-refractivity contribution in [3.05, 3.63) is 60.2 Å². The number of rotatable bonds is 7. The van der Waals surface area contributed by atoms with E-state index < -0.39 is 0 Å². The molecular formula is C18H21NO2. The summed E-state index contributed by atoms with van der Waals surface area (Å²) in [6, 6.07) is 17.9. The van der Waals surface area contributed by atoms with Crippen molar-refractivity contribution < 1.29 is 9.53 Å². The lowest BCUT2D eigenvalue weighted by molar-refractivity contribution is -0.145. The second-order valence-electron chi connectivity index (χ2n) is 4.96. The number of ether oxygens (including phenoxy) is 1. The lowest BCUT2D eigenvalue weighted by Crippen LogP contribution is -2.04. The van der Waals surface area contributed by atoms with Crippen LogP contribution < -0.4 is 5.32 Å². The Bertz CT molecular complexity index is 566. The van der Waals surface area contributed by atoms with E-state index in [-0.39, 0.29) is 5.97 Å². The van der Waals surface area contributed by atoms with Crippen molar-refractivity contribution in [3.63, 3.8) is 0 Å². The van der Waals surface area contributed by atoms with Crippen LogP contribution in [0.1, 0.15) is 31.7 Å². The Hall–Kier alpha value is -2.29. The highest BCUT2D eigenvalue weighted by molar-refractivity contribution is 5.69. The normalized spacial score (nSPS) is 10.1. The minimum Gasteiger partial charge on any atom is -0.461 e. The summed E-state index contributed by atoms with van der Waals surface area (Å²) < 4.78 is 5.27. The number of unbranched alkanes of at least 4 members (excludes halogenated alkanes) is 1. The van der Waals surface area contributed by atoms with Gasteiger partial charge in [-0.3, -0.25) is 4.79 Å². The minimum atomic E-state index is -0.127. The van der Waals surface area contributed by atoms with Crippen LogP contribution in [0.4, 0.5) is 11.4 Å². The van der Waals surface area contributed by atoms with Gasteiger partial charge in [-0.1, -0.05) is 43.7 Å². The third-order valence-electron chi connectivity index (χ3n) is 3.12. The number of carbonyl (C=O) groups is 1. The van der Waals surface area contributed by atoms with Gasteiger partial charge in [-0.05, 0) is 36.2 Å². The topological polar surface area (TPSA) is 38.3 Å². The van der Waals surface area contributed by atoms with Crippen molar-refractivity contribution in [3.8, 4) is 0 Å². The van der Waals surface area contributed by atoms with Crippen LogP contribution in [0.5, 0.6) is 0 Å². The molecule has 2 aromatic carbocycles. The van der Waals surface area contributed by atoms with Gasteiger partial charge >= 0.3 is 5.97 Å². The maximum atomic E-state index is 11.5. The summed E-state index contributed by atoms with van der Waals surface area (Å²) in [5.41, 5.74) is 3.01. The zero-order valence-corrected chi connectivity index (χ0v) is 12.3. The maximum Gasteiger partial charge on any atom is 0.306 e. The Morgan fingerprint density at radius 1 is 1.05 bits per heavy atom. The molecule has 2 rings (SSSR count). The van der Waals surface area contributed by atoms with Crippen LogP contribution in [0.3, 0.4) is 0 Å². The molecule has 0 amide bonds. The first-order valence-electron chi connectivity index (χ1n) is 7.34. The standard InChI is InChI=1S/C18H21NO2/c1-2-3-12-18(20)21-14-15-8-7-11-17(13-15)19-16-9-5-4-6-10-16/h4-11,13,19H,2-3,12,14H2,1H3. The highest BCUT2D eigenvalue weighted by Crippen LogP contribution is 2.17. The third kappa shape index (κ3) is 5.30. The molecule has 1 N–H and O–H groups in total. The van der Waals surface area contributed by atoms with Crippen molar-refractivity contribution in [2.75, 3.05) is 5.32 Å². The van der Waals surface area contributed by atoms with E-state index in [0.29, 0.717) is 13.0 Å².